The predicted molar refractivity (Wildman–Crippen MR) is 95.8 cm³/mol. The highest BCUT2D eigenvalue weighted by Crippen LogP contribution is 2.26. The first-order valence-electron chi connectivity index (χ1n) is 9.15. The Hall–Kier alpha value is -2.97. The molecule has 1 atom stereocenters. The first-order chi connectivity index (χ1) is 13.1. The first-order valence-corrected chi connectivity index (χ1v) is 9.15. The van der Waals surface area contributed by atoms with E-state index in [0.717, 1.165) is 36.7 Å². The zero-order valence-electron chi connectivity index (χ0n) is 15.6. The van der Waals surface area contributed by atoms with E-state index in [1.54, 1.807) is 6.20 Å². The van der Waals surface area contributed by atoms with Gasteiger partial charge in [0.2, 0.25) is 5.91 Å². The number of aryl methyl sites for hydroxylation is 1. The summed E-state index contributed by atoms with van der Waals surface area (Å²) in [6.07, 6.45) is 5.85. The number of likely N-dealkylation sites (tertiary alicyclic amines) is 1. The smallest absolute Gasteiger partial charge is 0.230 e. The summed E-state index contributed by atoms with van der Waals surface area (Å²) in [7, 11) is 1.98. The van der Waals surface area contributed by atoms with Crippen LogP contribution >= 0.6 is 0 Å². The van der Waals surface area contributed by atoms with Gasteiger partial charge in [0.1, 0.15) is 18.1 Å². The monoisotopic (exact) mass is 369 g/mol. The lowest BCUT2D eigenvalue weighted by Gasteiger charge is -2.32. The molecule has 0 N–H and O–H groups in total. The average Bonchev–Trinajstić information content (AvgIpc) is 3.39. The van der Waals surface area contributed by atoms with Crippen molar-refractivity contribution in [1.29, 1.82) is 0 Å². The van der Waals surface area contributed by atoms with Gasteiger partial charge in [-0.1, -0.05) is 5.16 Å². The van der Waals surface area contributed by atoms with Crippen LogP contribution in [0.5, 0.6) is 0 Å². The van der Waals surface area contributed by atoms with Crippen LogP contribution < -0.4 is 0 Å². The van der Waals surface area contributed by atoms with E-state index in [0.29, 0.717) is 18.8 Å². The molecule has 3 aromatic heterocycles. The predicted octanol–water partition coefficient (Wildman–Crippen LogP) is 1.31. The highest BCUT2D eigenvalue weighted by molar-refractivity contribution is 5.78. The summed E-state index contributed by atoms with van der Waals surface area (Å²) >= 11 is 0. The normalized spacial score (nSPS) is 17.4. The van der Waals surface area contributed by atoms with Crippen LogP contribution in [0.1, 0.15) is 41.9 Å². The van der Waals surface area contributed by atoms with E-state index in [4.69, 9.17) is 4.52 Å². The van der Waals surface area contributed by atoms with Crippen molar-refractivity contribution in [3.63, 3.8) is 0 Å². The van der Waals surface area contributed by atoms with Crippen LogP contribution in [-0.2, 0) is 24.8 Å². The highest BCUT2D eigenvalue weighted by Gasteiger charge is 2.28. The van der Waals surface area contributed by atoms with Gasteiger partial charge < -0.3 is 14.0 Å². The molecule has 27 heavy (non-hydrogen) atoms. The number of piperidine rings is 1. The summed E-state index contributed by atoms with van der Waals surface area (Å²) in [5.41, 5.74) is 0.790. The Morgan fingerprint density at radius 2 is 2.26 bits per heavy atom. The maximum Gasteiger partial charge on any atom is 0.230 e. The van der Waals surface area contributed by atoms with Crippen molar-refractivity contribution in [2.45, 2.75) is 38.6 Å². The van der Waals surface area contributed by atoms with Crippen molar-refractivity contribution < 1.29 is 9.32 Å². The van der Waals surface area contributed by atoms with Gasteiger partial charge in [0.25, 0.3) is 0 Å². The molecule has 0 bridgehead atoms. The van der Waals surface area contributed by atoms with E-state index in [2.05, 4.69) is 20.5 Å². The third kappa shape index (κ3) is 3.76. The molecule has 0 aromatic carbocycles. The molecule has 0 aliphatic carbocycles. The van der Waals surface area contributed by atoms with Crippen molar-refractivity contribution in [1.82, 2.24) is 34.6 Å². The Bertz CT molecular complexity index is 912. The molecule has 9 nitrogen and oxygen atoms in total. The summed E-state index contributed by atoms with van der Waals surface area (Å²) in [5, 5.41) is 16.8. The van der Waals surface area contributed by atoms with E-state index in [1.807, 2.05) is 46.4 Å². The Morgan fingerprint density at radius 3 is 3.00 bits per heavy atom. The Morgan fingerprint density at radius 1 is 1.37 bits per heavy atom. The highest BCUT2D eigenvalue weighted by atomic mass is 16.5. The van der Waals surface area contributed by atoms with Gasteiger partial charge in [-0.3, -0.25) is 9.48 Å². The van der Waals surface area contributed by atoms with Gasteiger partial charge in [-0.25, -0.2) is 0 Å². The van der Waals surface area contributed by atoms with Crippen LogP contribution in [0.4, 0.5) is 0 Å². The second kappa shape index (κ2) is 7.34. The zero-order valence-corrected chi connectivity index (χ0v) is 15.6. The summed E-state index contributed by atoms with van der Waals surface area (Å²) in [6, 6.07) is 3.70. The number of nitrogens with zero attached hydrogens (tertiary/aromatic N) is 7. The van der Waals surface area contributed by atoms with E-state index < -0.39 is 0 Å². The van der Waals surface area contributed by atoms with Crippen molar-refractivity contribution in [3.05, 3.63) is 47.6 Å². The molecule has 1 saturated heterocycles. The zero-order chi connectivity index (χ0) is 18.8. The second-order valence-electron chi connectivity index (χ2n) is 7.03. The number of hydrogen-bond acceptors (Lipinski definition) is 6. The van der Waals surface area contributed by atoms with Gasteiger partial charge in [-0.05, 0) is 25.8 Å². The third-order valence-electron chi connectivity index (χ3n) is 5.00. The fourth-order valence-corrected chi connectivity index (χ4v) is 3.58. The summed E-state index contributed by atoms with van der Waals surface area (Å²) in [4.78, 5) is 14.5. The first kappa shape index (κ1) is 17.4. The van der Waals surface area contributed by atoms with E-state index in [-0.39, 0.29) is 18.2 Å². The molecule has 0 saturated carbocycles. The number of aromatic nitrogens is 6. The molecule has 9 heteroatoms. The van der Waals surface area contributed by atoms with Gasteiger partial charge in [-0.15, -0.1) is 10.2 Å². The molecule has 4 heterocycles. The molecule has 0 spiro atoms. The number of hydrogen-bond donors (Lipinski definition) is 0. The average molecular weight is 369 g/mol. The molecule has 1 aliphatic rings. The van der Waals surface area contributed by atoms with Crippen LogP contribution in [-0.4, -0.2) is 53.6 Å². The van der Waals surface area contributed by atoms with Gasteiger partial charge in [0, 0.05) is 44.5 Å². The minimum atomic E-state index is 0.0646. The van der Waals surface area contributed by atoms with Gasteiger partial charge in [-0.2, -0.15) is 5.10 Å². The lowest BCUT2D eigenvalue weighted by atomic mass is 9.96. The molecule has 1 aliphatic heterocycles. The molecular formula is C18H23N7O2. The summed E-state index contributed by atoms with van der Waals surface area (Å²) in [6.45, 7) is 3.85. The summed E-state index contributed by atoms with van der Waals surface area (Å²) in [5.74, 6) is 2.64. The van der Waals surface area contributed by atoms with Crippen molar-refractivity contribution >= 4 is 5.91 Å². The van der Waals surface area contributed by atoms with E-state index >= 15 is 0 Å². The molecule has 1 amide bonds. The van der Waals surface area contributed by atoms with E-state index in [1.165, 1.54) is 0 Å². The van der Waals surface area contributed by atoms with Gasteiger partial charge >= 0.3 is 0 Å². The minimum absolute atomic E-state index is 0.0646. The molecule has 142 valence electrons. The van der Waals surface area contributed by atoms with Crippen LogP contribution in [0.3, 0.4) is 0 Å². The number of rotatable bonds is 5. The lowest BCUT2D eigenvalue weighted by Crippen LogP contribution is -2.40. The quantitative estimate of drug-likeness (QED) is 0.673. The van der Waals surface area contributed by atoms with E-state index in [9.17, 15) is 4.79 Å². The standard InChI is InChI=1S/C18H23N7O2/c1-13-9-15(27-22-13)10-17(26)24-7-3-5-14(11-24)18-21-20-16(23(18)2)12-25-8-4-6-19-25/h4,6,8-9,14H,3,5,7,10-12H2,1-2H3/t14-/m1/s1. The van der Waals surface area contributed by atoms with Crippen LogP contribution in [0.15, 0.2) is 29.0 Å². The van der Waals surface area contributed by atoms with Crippen molar-refractivity contribution in [2.75, 3.05) is 13.1 Å². The fourth-order valence-electron chi connectivity index (χ4n) is 3.58. The number of carbonyl (C=O) groups is 1. The summed E-state index contributed by atoms with van der Waals surface area (Å²) < 4.78 is 9.03. The Balaban J connectivity index is 1.43. The third-order valence-corrected chi connectivity index (χ3v) is 5.00. The maximum atomic E-state index is 12.6. The van der Waals surface area contributed by atoms with Crippen molar-refractivity contribution in [2.24, 2.45) is 7.05 Å². The minimum Gasteiger partial charge on any atom is -0.361 e. The fraction of sp³-hybridized carbons (Fsp3) is 0.500. The molecule has 3 aromatic rings. The second-order valence-corrected chi connectivity index (χ2v) is 7.03. The topological polar surface area (TPSA) is 94.9 Å². The van der Waals surface area contributed by atoms with Crippen LogP contribution in [0, 0.1) is 6.92 Å². The molecular weight excluding hydrogens is 346 g/mol. The molecule has 0 radical (unpaired) electrons. The Labute approximate surface area is 157 Å². The van der Waals surface area contributed by atoms with Crippen LogP contribution in [0.2, 0.25) is 0 Å². The number of amides is 1. The van der Waals surface area contributed by atoms with Gasteiger partial charge in [0.05, 0.1) is 12.1 Å². The van der Waals surface area contributed by atoms with Crippen LogP contribution in [0.25, 0.3) is 0 Å². The molecule has 0 unspecified atom stereocenters. The molecule has 4 rings (SSSR count). The Kier molecular flexibility index (Phi) is 4.74. The van der Waals surface area contributed by atoms with Gasteiger partial charge in [0.15, 0.2) is 5.82 Å². The number of carbonyl (C=O) groups excluding carboxylic acids is 1. The largest absolute Gasteiger partial charge is 0.361 e. The SMILES string of the molecule is Cc1cc(CC(=O)N2CCC[C@@H](c3nnc(Cn4cccn4)n3C)C2)on1. The molecule has 1 fully saturated rings. The van der Waals surface area contributed by atoms with Crippen molar-refractivity contribution in [3.8, 4) is 0 Å². The maximum absolute atomic E-state index is 12.6. The lowest BCUT2D eigenvalue weighted by molar-refractivity contribution is -0.132.